The lowest BCUT2D eigenvalue weighted by atomic mass is 9.94. The van der Waals surface area contributed by atoms with Crippen LogP contribution in [0.4, 0.5) is 0 Å². The van der Waals surface area contributed by atoms with Crippen LogP contribution in [0.15, 0.2) is 30.3 Å². The minimum atomic E-state index is -0.134. The van der Waals surface area contributed by atoms with Gasteiger partial charge in [0.25, 0.3) is 0 Å². The Kier molecular flexibility index (Phi) is 7.11. The molecular formula is C15H23NO2. The van der Waals surface area contributed by atoms with Crippen molar-refractivity contribution in [3.8, 4) is 0 Å². The van der Waals surface area contributed by atoms with Crippen LogP contribution in [0.1, 0.15) is 38.2 Å². The quantitative estimate of drug-likeness (QED) is 0.568. The molecule has 0 aliphatic carbocycles. The highest BCUT2D eigenvalue weighted by molar-refractivity contribution is 5.78. The number of nitrogens with one attached hydrogen (secondary N) is 1. The Bertz CT molecular complexity index is 338. The molecule has 1 unspecified atom stereocenters. The smallest absolute Gasteiger partial charge is 0.313 e. The van der Waals surface area contributed by atoms with Gasteiger partial charge in [-0.1, -0.05) is 37.3 Å². The van der Waals surface area contributed by atoms with Gasteiger partial charge in [-0.2, -0.15) is 0 Å². The average Bonchev–Trinajstić information content (AvgIpc) is 2.40. The Balaban J connectivity index is 2.61. The monoisotopic (exact) mass is 249 g/mol. The van der Waals surface area contributed by atoms with Crippen LogP contribution in [0.3, 0.4) is 0 Å². The summed E-state index contributed by atoms with van der Waals surface area (Å²) in [5.74, 6) is -0.245. The number of benzene rings is 1. The Hall–Kier alpha value is -1.35. The van der Waals surface area contributed by atoms with E-state index in [1.807, 2.05) is 37.3 Å². The van der Waals surface area contributed by atoms with Crippen LogP contribution in [0, 0.1) is 0 Å². The molecule has 100 valence electrons. The van der Waals surface area contributed by atoms with Gasteiger partial charge in [0.1, 0.15) is 0 Å². The van der Waals surface area contributed by atoms with E-state index in [1.165, 1.54) is 0 Å². The molecule has 0 saturated carbocycles. The lowest BCUT2D eigenvalue weighted by molar-refractivity contribution is -0.145. The fourth-order valence-electron chi connectivity index (χ4n) is 1.96. The van der Waals surface area contributed by atoms with Crippen LogP contribution >= 0.6 is 0 Å². The van der Waals surface area contributed by atoms with Crippen molar-refractivity contribution >= 4 is 5.97 Å². The maximum atomic E-state index is 12.0. The number of esters is 1. The molecule has 1 N–H and O–H groups in total. The highest BCUT2D eigenvalue weighted by Crippen LogP contribution is 2.22. The summed E-state index contributed by atoms with van der Waals surface area (Å²) in [5, 5.41) is 3.27. The molecule has 1 aromatic carbocycles. The van der Waals surface area contributed by atoms with Crippen LogP contribution in [0.25, 0.3) is 0 Å². The SMILES string of the molecule is CCNCCCC(C(=O)OCC)c1ccccc1. The van der Waals surface area contributed by atoms with E-state index in [4.69, 9.17) is 4.74 Å². The first-order valence-electron chi connectivity index (χ1n) is 6.71. The summed E-state index contributed by atoms with van der Waals surface area (Å²) in [6, 6.07) is 9.88. The molecule has 0 bridgehead atoms. The molecule has 0 amide bonds. The van der Waals surface area contributed by atoms with E-state index in [-0.39, 0.29) is 11.9 Å². The van der Waals surface area contributed by atoms with Crippen molar-refractivity contribution in [3.05, 3.63) is 35.9 Å². The zero-order chi connectivity index (χ0) is 13.2. The summed E-state index contributed by atoms with van der Waals surface area (Å²) >= 11 is 0. The standard InChI is InChI=1S/C15H23NO2/c1-3-16-12-8-11-14(15(17)18-4-2)13-9-6-5-7-10-13/h5-7,9-10,14,16H,3-4,8,11-12H2,1-2H3. The molecule has 1 atom stereocenters. The maximum Gasteiger partial charge on any atom is 0.313 e. The number of carbonyl (C=O) groups excluding carboxylic acids is 1. The molecule has 1 aromatic rings. The molecule has 0 saturated heterocycles. The highest BCUT2D eigenvalue weighted by Gasteiger charge is 2.20. The van der Waals surface area contributed by atoms with Crippen molar-refractivity contribution in [3.63, 3.8) is 0 Å². The number of carbonyl (C=O) groups is 1. The summed E-state index contributed by atoms with van der Waals surface area (Å²) in [5.41, 5.74) is 1.05. The van der Waals surface area contributed by atoms with Gasteiger partial charge in [-0.3, -0.25) is 4.79 Å². The molecule has 0 heterocycles. The maximum absolute atomic E-state index is 12.0. The van der Waals surface area contributed by atoms with Crippen LogP contribution in [-0.4, -0.2) is 25.7 Å². The first-order chi connectivity index (χ1) is 8.79. The van der Waals surface area contributed by atoms with Crippen molar-refractivity contribution in [1.82, 2.24) is 5.32 Å². The van der Waals surface area contributed by atoms with E-state index >= 15 is 0 Å². The lowest BCUT2D eigenvalue weighted by Gasteiger charge is -2.16. The molecule has 0 aliphatic rings. The molecule has 1 rings (SSSR count). The summed E-state index contributed by atoms with van der Waals surface area (Å²) < 4.78 is 5.16. The highest BCUT2D eigenvalue weighted by atomic mass is 16.5. The summed E-state index contributed by atoms with van der Waals surface area (Å²) in [7, 11) is 0. The third kappa shape index (κ3) is 4.88. The first kappa shape index (κ1) is 14.7. The van der Waals surface area contributed by atoms with Crippen molar-refractivity contribution in [1.29, 1.82) is 0 Å². The number of hydrogen-bond acceptors (Lipinski definition) is 3. The fraction of sp³-hybridized carbons (Fsp3) is 0.533. The number of hydrogen-bond donors (Lipinski definition) is 1. The number of ether oxygens (including phenoxy) is 1. The van der Waals surface area contributed by atoms with Gasteiger partial charge in [0.15, 0.2) is 0 Å². The van der Waals surface area contributed by atoms with Crippen molar-refractivity contribution < 1.29 is 9.53 Å². The zero-order valence-corrected chi connectivity index (χ0v) is 11.3. The van der Waals surface area contributed by atoms with Gasteiger partial charge in [-0.25, -0.2) is 0 Å². The predicted octanol–water partition coefficient (Wildman–Crippen LogP) is 2.72. The molecule has 0 radical (unpaired) electrons. The minimum Gasteiger partial charge on any atom is -0.466 e. The lowest BCUT2D eigenvalue weighted by Crippen LogP contribution is -2.19. The predicted molar refractivity (Wildman–Crippen MR) is 73.6 cm³/mol. The Morgan fingerprint density at radius 3 is 2.61 bits per heavy atom. The van der Waals surface area contributed by atoms with Gasteiger partial charge in [0.05, 0.1) is 12.5 Å². The largest absolute Gasteiger partial charge is 0.466 e. The Labute approximate surface area is 110 Å². The second-order valence-corrected chi connectivity index (χ2v) is 4.21. The second-order valence-electron chi connectivity index (χ2n) is 4.21. The molecule has 3 heteroatoms. The molecular weight excluding hydrogens is 226 g/mol. The topological polar surface area (TPSA) is 38.3 Å². The fourth-order valence-corrected chi connectivity index (χ4v) is 1.96. The van der Waals surface area contributed by atoms with Crippen LogP contribution in [0.5, 0.6) is 0 Å². The van der Waals surface area contributed by atoms with Crippen molar-refractivity contribution in [2.45, 2.75) is 32.6 Å². The van der Waals surface area contributed by atoms with Gasteiger partial charge in [-0.15, -0.1) is 0 Å². The van der Waals surface area contributed by atoms with Gasteiger partial charge >= 0.3 is 5.97 Å². The van der Waals surface area contributed by atoms with Gasteiger partial charge in [0, 0.05) is 0 Å². The minimum absolute atomic E-state index is 0.111. The average molecular weight is 249 g/mol. The summed E-state index contributed by atoms with van der Waals surface area (Å²) in [6.45, 7) is 6.28. The van der Waals surface area contributed by atoms with Crippen LogP contribution in [-0.2, 0) is 9.53 Å². The third-order valence-corrected chi connectivity index (χ3v) is 2.87. The normalized spacial score (nSPS) is 12.1. The van der Waals surface area contributed by atoms with Gasteiger partial charge in [-0.05, 0) is 38.4 Å². The van der Waals surface area contributed by atoms with Crippen LogP contribution < -0.4 is 5.32 Å². The van der Waals surface area contributed by atoms with E-state index in [0.29, 0.717) is 6.61 Å². The van der Waals surface area contributed by atoms with E-state index < -0.39 is 0 Å². The molecule has 0 fully saturated rings. The molecule has 0 aromatic heterocycles. The third-order valence-electron chi connectivity index (χ3n) is 2.87. The summed E-state index contributed by atoms with van der Waals surface area (Å²) in [4.78, 5) is 12.0. The van der Waals surface area contributed by atoms with E-state index in [9.17, 15) is 4.79 Å². The number of rotatable bonds is 8. The van der Waals surface area contributed by atoms with E-state index in [1.54, 1.807) is 0 Å². The first-order valence-corrected chi connectivity index (χ1v) is 6.71. The van der Waals surface area contributed by atoms with Crippen LogP contribution in [0.2, 0.25) is 0 Å². The van der Waals surface area contributed by atoms with E-state index in [2.05, 4.69) is 12.2 Å². The van der Waals surface area contributed by atoms with Gasteiger partial charge in [0.2, 0.25) is 0 Å². The Morgan fingerprint density at radius 1 is 1.28 bits per heavy atom. The van der Waals surface area contributed by atoms with Gasteiger partial charge < -0.3 is 10.1 Å². The second kappa shape index (κ2) is 8.70. The molecule has 3 nitrogen and oxygen atoms in total. The van der Waals surface area contributed by atoms with Crippen molar-refractivity contribution in [2.24, 2.45) is 0 Å². The zero-order valence-electron chi connectivity index (χ0n) is 11.3. The van der Waals surface area contributed by atoms with Crippen molar-refractivity contribution in [2.75, 3.05) is 19.7 Å². The molecule has 0 aliphatic heterocycles. The molecule has 18 heavy (non-hydrogen) atoms. The summed E-state index contributed by atoms with van der Waals surface area (Å²) in [6.07, 6.45) is 1.81. The van der Waals surface area contributed by atoms with E-state index in [0.717, 1.165) is 31.5 Å². The Morgan fingerprint density at radius 2 is 2.00 bits per heavy atom. The molecule has 0 spiro atoms.